The number of fused-ring (bicyclic) bond motifs is 3. The first-order valence-corrected chi connectivity index (χ1v) is 13.2. The summed E-state index contributed by atoms with van der Waals surface area (Å²) in [6.07, 6.45) is 2.18. The molecule has 10 heteroatoms. The molecule has 4 aromatic rings. The molecule has 2 aliphatic heterocycles. The van der Waals surface area contributed by atoms with Crippen LogP contribution < -0.4 is 19.9 Å². The van der Waals surface area contributed by atoms with Crippen molar-refractivity contribution in [3.8, 4) is 16.9 Å². The minimum Gasteiger partial charge on any atom is -0.486 e. The Kier molecular flexibility index (Phi) is 6.45. The van der Waals surface area contributed by atoms with Crippen LogP contribution in [0.3, 0.4) is 0 Å². The van der Waals surface area contributed by atoms with Crippen molar-refractivity contribution in [1.29, 1.82) is 0 Å². The smallest absolute Gasteiger partial charge is 0.298 e. The monoisotopic (exact) mass is 540 g/mol. The van der Waals surface area contributed by atoms with Crippen LogP contribution >= 0.6 is 0 Å². The van der Waals surface area contributed by atoms with E-state index in [1.807, 2.05) is 61.2 Å². The van der Waals surface area contributed by atoms with Crippen LogP contribution in [0.5, 0.6) is 5.75 Å². The standard InChI is InChI=1S/C30H29FN6O3/c1-18-13-23(20-7-5-4-6-8-20)27(35(18)3)28(38)29(39)34-22-9-10-24-26(14-22)40-19(2)25-17-36(11-12-37(24)25)30-32-15-21(31)16-33-30/h4-10,13-16,19,25H,11-12,17H2,1-3H3,(H,34,39)/t19?,25-/m0/s1. The average Bonchev–Trinajstić information content (AvgIpc) is 3.27. The lowest BCUT2D eigenvalue weighted by molar-refractivity contribution is -0.112. The molecule has 1 fully saturated rings. The first-order valence-electron chi connectivity index (χ1n) is 13.2. The Balaban J connectivity index is 1.20. The molecular weight excluding hydrogens is 511 g/mol. The van der Waals surface area contributed by atoms with Crippen LogP contribution in [-0.2, 0) is 11.8 Å². The molecule has 1 N–H and O–H groups in total. The van der Waals surface area contributed by atoms with E-state index >= 15 is 0 Å². The first kappa shape index (κ1) is 25.5. The molecule has 6 rings (SSSR count). The van der Waals surface area contributed by atoms with Crippen LogP contribution in [0.4, 0.5) is 21.7 Å². The highest BCUT2D eigenvalue weighted by Crippen LogP contribution is 2.40. The quantitative estimate of drug-likeness (QED) is 0.299. The number of Topliss-reactive ketones (excluding diaryl/α,β-unsaturated/α-hetero) is 1. The van der Waals surface area contributed by atoms with Crippen molar-refractivity contribution in [2.75, 3.05) is 34.8 Å². The van der Waals surface area contributed by atoms with Crippen LogP contribution in [0.25, 0.3) is 11.1 Å². The van der Waals surface area contributed by atoms with Crippen molar-refractivity contribution in [3.63, 3.8) is 0 Å². The lowest BCUT2D eigenvalue weighted by Gasteiger charge is -2.48. The predicted octanol–water partition coefficient (Wildman–Crippen LogP) is 4.23. The third kappa shape index (κ3) is 4.55. The Morgan fingerprint density at radius 3 is 2.55 bits per heavy atom. The Labute approximate surface area is 231 Å². The van der Waals surface area contributed by atoms with Crippen LogP contribution in [0.15, 0.2) is 67.0 Å². The maximum atomic E-state index is 13.4. The molecule has 0 aliphatic carbocycles. The molecule has 0 saturated carbocycles. The molecule has 9 nitrogen and oxygen atoms in total. The molecule has 4 heterocycles. The summed E-state index contributed by atoms with van der Waals surface area (Å²) in [4.78, 5) is 39.1. The zero-order valence-corrected chi connectivity index (χ0v) is 22.5. The number of aromatic nitrogens is 3. The van der Waals surface area contributed by atoms with Crippen molar-refractivity contribution >= 4 is 29.0 Å². The van der Waals surface area contributed by atoms with Gasteiger partial charge in [0.05, 0.1) is 24.1 Å². The van der Waals surface area contributed by atoms with E-state index in [9.17, 15) is 14.0 Å². The number of anilines is 3. The van der Waals surface area contributed by atoms with E-state index in [1.54, 1.807) is 23.7 Å². The summed E-state index contributed by atoms with van der Waals surface area (Å²) < 4.78 is 21.3. The van der Waals surface area contributed by atoms with Crippen molar-refractivity contribution in [2.24, 2.45) is 7.05 Å². The van der Waals surface area contributed by atoms with E-state index in [2.05, 4.69) is 20.2 Å². The van der Waals surface area contributed by atoms with Gasteiger partial charge in [0.2, 0.25) is 5.95 Å². The van der Waals surface area contributed by atoms with Gasteiger partial charge in [0.1, 0.15) is 17.5 Å². The second-order valence-electron chi connectivity index (χ2n) is 10.2. The molecule has 1 amide bonds. The number of nitrogens with zero attached hydrogens (tertiary/aromatic N) is 5. The van der Waals surface area contributed by atoms with E-state index in [0.717, 1.165) is 22.5 Å². The normalized spacial score (nSPS) is 18.0. The number of piperazine rings is 1. The number of ether oxygens (including phenoxy) is 1. The van der Waals surface area contributed by atoms with Crippen LogP contribution in [0, 0.1) is 12.7 Å². The van der Waals surface area contributed by atoms with E-state index in [4.69, 9.17) is 4.74 Å². The third-order valence-corrected chi connectivity index (χ3v) is 7.67. The molecule has 0 spiro atoms. The summed E-state index contributed by atoms with van der Waals surface area (Å²) in [5.74, 6) is -0.662. The summed E-state index contributed by atoms with van der Waals surface area (Å²) in [5.41, 5.74) is 4.21. The number of ketones is 1. The lowest BCUT2D eigenvalue weighted by Crippen LogP contribution is -2.60. The second kappa shape index (κ2) is 10.1. The molecule has 2 atom stereocenters. The van der Waals surface area contributed by atoms with E-state index in [1.165, 1.54) is 12.4 Å². The predicted molar refractivity (Wildman–Crippen MR) is 150 cm³/mol. The molecule has 2 aliphatic rings. The number of aryl methyl sites for hydroxylation is 1. The number of carbonyl (C=O) groups is 2. The highest BCUT2D eigenvalue weighted by Gasteiger charge is 2.38. The molecule has 204 valence electrons. The van der Waals surface area contributed by atoms with Crippen LogP contribution in [0.2, 0.25) is 0 Å². The number of halogens is 1. The molecule has 0 bridgehead atoms. The molecule has 40 heavy (non-hydrogen) atoms. The van der Waals surface area contributed by atoms with Gasteiger partial charge in [0.15, 0.2) is 5.82 Å². The zero-order valence-electron chi connectivity index (χ0n) is 22.5. The molecule has 1 unspecified atom stereocenters. The van der Waals surface area contributed by atoms with Crippen LogP contribution in [0.1, 0.15) is 23.1 Å². The number of hydrogen-bond donors (Lipinski definition) is 1. The first-order chi connectivity index (χ1) is 19.3. The van der Waals surface area contributed by atoms with Crippen LogP contribution in [-0.4, -0.2) is 58.0 Å². The van der Waals surface area contributed by atoms with Gasteiger partial charge >= 0.3 is 0 Å². The minimum absolute atomic E-state index is 0.0360. The van der Waals surface area contributed by atoms with E-state index < -0.39 is 17.5 Å². The van der Waals surface area contributed by atoms with Crippen molar-refractivity contribution < 1.29 is 18.7 Å². The number of nitrogens with one attached hydrogen (secondary N) is 1. The largest absolute Gasteiger partial charge is 0.486 e. The summed E-state index contributed by atoms with van der Waals surface area (Å²) in [7, 11) is 1.79. The topological polar surface area (TPSA) is 92.6 Å². The van der Waals surface area contributed by atoms with E-state index in [0.29, 0.717) is 42.7 Å². The Morgan fingerprint density at radius 1 is 1.05 bits per heavy atom. The number of carbonyl (C=O) groups excluding carboxylic acids is 2. The minimum atomic E-state index is -0.715. The number of benzene rings is 2. The van der Waals surface area contributed by atoms with Gasteiger partial charge in [-0.1, -0.05) is 30.3 Å². The highest BCUT2D eigenvalue weighted by atomic mass is 19.1. The summed E-state index contributed by atoms with van der Waals surface area (Å²) in [6, 6.07) is 17.0. The fourth-order valence-corrected chi connectivity index (χ4v) is 5.50. The number of rotatable bonds is 5. The van der Waals surface area contributed by atoms with Crippen molar-refractivity contribution in [3.05, 3.63) is 84.2 Å². The van der Waals surface area contributed by atoms with Gasteiger partial charge in [-0.3, -0.25) is 9.59 Å². The number of hydrogen-bond acceptors (Lipinski definition) is 7. The van der Waals surface area contributed by atoms with Gasteiger partial charge in [-0.05, 0) is 37.6 Å². The van der Waals surface area contributed by atoms with E-state index in [-0.39, 0.29) is 12.1 Å². The molecule has 0 radical (unpaired) electrons. The SMILES string of the molecule is Cc1cc(-c2ccccc2)c(C(=O)C(=O)Nc2ccc3c(c2)OC(C)[C@@H]2CN(c4ncc(F)cn4)CCN32)n1C. The lowest BCUT2D eigenvalue weighted by atomic mass is 10.0. The summed E-state index contributed by atoms with van der Waals surface area (Å²) in [5, 5.41) is 2.77. The summed E-state index contributed by atoms with van der Waals surface area (Å²) >= 11 is 0. The van der Waals surface area contributed by atoms with Crippen molar-refractivity contribution in [1.82, 2.24) is 14.5 Å². The fourth-order valence-electron chi connectivity index (χ4n) is 5.50. The van der Waals surface area contributed by atoms with Gasteiger partial charge in [0, 0.05) is 49.7 Å². The second-order valence-corrected chi connectivity index (χ2v) is 10.2. The molecule has 2 aromatic carbocycles. The third-order valence-electron chi connectivity index (χ3n) is 7.67. The zero-order chi connectivity index (χ0) is 28.0. The molecule has 2 aromatic heterocycles. The van der Waals surface area contributed by atoms with Gasteiger partial charge in [-0.15, -0.1) is 0 Å². The van der Waals surface area contributed by atoms with Crippen molar-refractivity contribution in [2.45, 2.75) is 26.0 Å². The van der Waals surface area contributed by atoms with Gasteiger partial charge < -0.3 is 24.4 Å². The fraction of sp³-hybridized carbons (Fsp3) is 0.267. The highest BCUT2D eigenvalue weighted by molar-refractivity contribution is 6.47. The molecule has 1 saturated heterocycles. The maximum absolute atomic E-state index is 13.4. The Hall–Kier alpha value is -4.73. The van der Waals surface area contributed by atoms with Gasteiger partial charge in [0.25, 0.3) is 11.7 Å². The Bertz CT molecular complexity index is 1590. The van der Waals surface area contributed by atoms with Gasteiger partial charge in [-0.2, -0.15) is 0 Å². The summed E-state index contributed by atoms with van der Waals surface area (Å²) in [6.45, 7) is 5.89. The number of amides is 1. The van der Waals surface area contributed by atoms with Gasteiger partial charge in [-0.25, -0.2) is 14.4 Å². The molecular formula is C30H29FN6O3. The maximum Gasteiger partial charge on any atom is 0.298 e. The average molecular weight is 541 g/mol. The Morgan fingerprint density at radius 2 is 1.80 bits per heavy atom.